The van der Waals surface area contributed by atoms with E-state index in [1.807, 2.05) is 0 Å². The average Bonchev–Trinajstić information content (AvgIpc) is 0. The summed E-state index contributed by atoms with van der Waals surface area (Å²) < 4.78 is 0. The first-order chi connectivity index (χ1) is 0. The smallest absolute Gasteiger partial charge is 0.114 e. The van der Waals surface area contributed by atoms with E-state index in [0.717, 1.165) is 0 Å². The zero-order valence-electron chi connectivity index (χ0n) is 1.72. The van der Waals surface area contributed by atoms with Crippen LogP contribution in [0, 0.1) is 0 Å². The fourth-order valence-electron chi connectivity index (χ4n) is 0. The van der Waals surface area contributed by atoms with Crippen LogP contribution in [0.5, 0.6) is 0 Å². The number of halogens is 3. The standard InChI is InChI=1S/BrH.ClH.FH.H2O/h3*1H;1H2. The molecular weight excluding hydrogens is 150 g/mol. The minimum Gasteiger partial charge on any atom is -0.412 e. The van der Waals surface area contributed by atoms with E-state index in [2.05, 4.69) is 0 Å². The molecule has 0 aliphatic carbocycles. The van der Waals surface area contributed by atoms with Crippen LogP contribution in [0.15, 0.2) is 0 Å². The minimum absolute atomic E-state index is 0. The Labute approximate surface area is 40.2 Å². The summed E-state index contributed by atoms with van der Waals surface area (Å²) in [6.45, 7) is 0. The van der Waals surface area contributed by atoms with Crippen LogP contribution in [-0.4, -0.2) is 5.48 Å². The Morgan fingerprint density at radius 2 is 1.00 bits per heavy atom. The molecule has 0 aromatic heterocycles. The summed E-state index contributed by atoms with van der Waals surface area (Å²) in [5, 5.41) is 0. The molecule has 0 unspecified atom stereocenters. The molecule has 0 amide bonds. The van der Waals surface area contributed by atoms with Gasteiger partial charge in [0.25, 0.3) is 0 Å². The predicted octanol–water partition coefficient (Wildman–Crippen LogP) is 0.327. The Hall–Kier alpha value is 0.660. The zero-order chi connectivity index (χ0) is 0. The van der Waals surface area contributed by atoms with E-state index in [1.165, 1.54) is 0 Å². The van der Waals surface area contributed by atoms with Crippen LogP contribution >= 0.6 is 29.4 Å². The van der Waals surface area contributed by atoms with E-state index in [9.17, 15) is 0 Å². The van der Waals surface area contributed by atoms with Crippen molar-refractivity contribution in [2.24, 2.45) is 0 Å². The van der Waals surface area contributed by atoms with Crippen molar-refractivity contribution in [3.8, 4) is 0 Å². The summed E-state index contributed by atoms with van der Waals surface area (Å²) in [4.78, 5) is 0. The molecule has 4 heavy (non-hydrogen) atoms. The molecule has 0 rings (SSSR count). The molecule has 0 fully saturated rings. The van der Waals surface area contributed by atoms with Gasteiger partial charge in [0.2, 0.25) is 0 Å². The maximum Gasteiger partial charge on any atom is -0.114 e. The van der Waals surface area contributed by atoms with E-state index in [4.69, 9.17) is 0 Å². The predicted molar refractivity (Wildman–Crippen MR) is 23.7 cm³/mol. The van der Waals surface area contributed by atoms with Gasteiger partial charge in [0.05, 0.1) is 0 Å². The molecule has 0 bridgehead atoms. The third-order valence-corrected chi connectivity index (χ3v) is 0. The second-order valence-corrected chi connectivity index (χ2v) is 0. The highest BCUT2D eigenvalue weighted by molar-refractivity contribution is 8.93. The molecule has 0 aliphatic rings. The molecule has 0 heterocycles. The fraction of sp³-hybridized carbons (Fsp3) is 0. The third-order valence-electron chi connectivity index (χ3n) is 0. The maximum atomic E-state index is 0. The molecule has 0 saturated carbocycles. The largest absolute Gasteiger partial charge is 0.412 e. The first-order valence-corrected chi connectivity index (χ1v) is 0. The van der Waals surface area contributed by atoms with Crippen molar-refractivity contribution in [1.82, 2.24) is 0 Å². The summed E-state index contributed by atoms with van der Waals surface area (Å²) in [5.74, 6) is 0. The van der Waals surface area contributed by atoms with Crippen molar-refractivity contribution in [2.75, 3.05) is 0 Å². The van der Waals surface area contributed by atoms with Crippen LogP contribution in [0.3, 0.4) is 0 Å². The lowest BCUT2D eigenvalue weighted by atomic mass is 16.0. The van der Waals surface area contributed by atoms with E-state index in [1.54, 1.807) is 0 Å². The highest BCUT2D eigenvalue weighted by atomic mass is 79.9. The highest BCUT2D eigenvalue weighted by Crippen LogP contribution is 0.846. The molecule has 1 nitrogen and oxygen atoms in total. The highest BCUT2D eigenvalue weighted by Gasteiger charge is -0.114. The van der Waals surface area contributed by atoms with Crippen molar-refractivity contribution in [3.63, 3.8) is 0 Å². The van der Waals surface area contributed by atoms with E-state index in [-0.39, 0.29) is 39.6 Å². The van der Waals surface area contributed by atoms with E-state index < -0.39 is 0 Å². The first kappa shape index (κ1) is 143. The van der Waals surface area contributed by atoms with Crippen LogP contribution in [0.2, 0.25) is 0 Å². The van der Waals surface area contributed by atoms with Crippen molar-refractivity contribution in [2.45, 2.75) is 0 Å². The van der Waals surface area contributed by atoms with Crippen molar-refractivity contribution in [3.05, 3.63) is 0 Å². The van der Waals surface area contributed by atoms with Gasteiger partial charge in [-0.3, -0.25) is 4.70 Å². The Kier molecular flexibility index (Phi) is 2130. The normalized spacial score (nSPS) is 0. The minimum atomic E-state index is 0. The topological polar surface area (TPSA) is 31.5 Å². The third kappa shape index (κ3) is 16.8. The molecule has 0 spiro atoms. The van der Waals surface area contributed by atoms with Gasteiger partial charge in [-0.15, -0.1) is 29.4 Å². The fourth-order valence-corrected chi connectivity index (χ4v) is 0. The second kappa shape index (κ2) is 59.5. The van der Waals surface area contributed by atoms with Crippen LogP contribution < -0.4 is 0 Å². The molecule has 0 radical (unpaired) electrons. The zero-order valence-corrected chi connectivity index (χ0v) is 4.25. The molecule has 0 atom stereocenters. The van der Waals surface area contributed by atoms with Crippen LogP contribution in [-0.2, 0) is 0 Å². The lowest BCUT2D eigenvalue weighted by molar-refractivity contribution is 0.824. The number of rotatable bonds is 0. The molecule has 32 valence electrons. The summed E-state index contributed by atoms with van der Waals surface area (Å²) in [6, 6.07) is 0. The van der Waals surface area contributed by atoms with Gasteiger partial charge in [-0.1, -0.05) is 0 Å². The first-order valence-electron chi connectivity index (χ1n) is 0. The lowest BCUT2D eigenvalue weighted by Gasteiger charge is -0.412. The maximum absolute atomic E-state index is 0. The van der Waals surface area contributed by atoms with Gasteiger partial charge in [-0.2, -0.15) is 0 Å². The Bertz CT molecular complexity index is 8.00. The number of hydrogen-bond donors (Lipinski definition) is 0. The average molecular weight is 155 g/mol. The molecule has 0 aliphatic heterocycles. The number of hydrogen-bond acceptors (Lipinski definition) is 0. The monoisotopic (exact) mass is 154 g/mol. The van der Waals surface area contributed by atoms with Crippen molar-refractivity contribution in [1.29, 1.82) is 0 Å². The lowest BCUT2D eigenvalue weighted by Crippen LogP contribution is -0.289. The van der Waals surface area contributed by atoms with Crippen LogP contribution in [0.1, 0.15) is 0 Å². The molecular formula is H5BrClFO. The van der Waals surface area contributed by atoms with Gasteiger partial charge in [0, 0.05) is 0 Å². The SMILES string of the molecule is Br.Cl.F.O. The van der Waals surface area contributed by atoms with Crippen LogP contribution in [0.25, 0.3) is 0 Å². The second-order valence-electron chi connectivity index (χ2n) is 0. The van der Waals surface area contributed by atoms with E-state index >= 15 is 0 Å². The molecule has 0 aromatic rings. The molecule has 4 heteroatoms. The summed E-state index contributed by atoms with van der Waals surface area (Å²) >= 11 is 0. The quantitative estimate of drug-likeness (QED) is 0.483. The van der Waals surface area contributed by atoms with Crippen molar-refractivity contribution >= 4 is 29.4 Å². The van der Waals surface area contributed by atoms with Gasteiger partial charge in [-0.25, -0.2) is 0 Å². The summed E-state index contributed by atoms with van der Waals surface area (Å²) in [5.41, 5.74) is 0. The van der Waals surface area contributed by atoms with E-state index in [0.29, 0.717) is 0 Å². The van der Waals surface area contributed by atoms with Gasteiger partial charge in [-0.05, 0) is 0 Å². The Morgan fingerprint density at radius 3 is 1.00 bits per heavy atom. The Morgan fingerprint density at radius 1 is 1.00 bits per heavy atom. The van der Waals surface area contributed by atoms with Gasteiger partial charge < -0.3 is 5.48 Å². The summed E-state index contributed by atoms with van der Waals surface area (Å²) in [6.07, 6.45) is 0. The molecule has 2 N–H and O–H groups in total. The van der Waals surface area contributed by atoms with Crippen molar-refractivity contribution < 1.29 is 10.2 Å². The molecule has 0 aromatic carbocycles. The molecule has 0 saturated heterocycles. The van der Waals surface area contributed by atoms with Crippen LogP contribution in [0.4, 0.5) is 4.70 Å². The van der Waals surface area contributed by atoms with Gasteiger partial charge in [0.1, 0.15) is 0 Å². The van der Waals surface area contributed by atoms with Gasteiger partial charge >= 0.3 is 0 Å². The van der Waals surface area contributed by atoms with Gasteiger partial charge in [0.15, 0.2) is 0 Å². The Balaban J connectivity index is 0. The summed E-state index contributed by atoms with van der Waals surface area (Å²) in [7, 11) is 0.